The molecule has 8 heteroatoms. The van der Waals surface area contributed by atoms with E-state index in [0.29, 0.717) is 24.4 Å². The van der Waals surface area contributed by atoms with Gasteiger partial charge in [0.25, 0.3) is 0 Å². The van der Waals surface area contributed by atoms with E-state index in [1.165, 1.54) is 11.4 Å². The fourth-order valence-electron chi connectivity index (χ4n) is 2.33. The van der Waals surface area contributed by atoms with Crippen LogP contribution in [0.5, 0.6) is 5.75 Å². The van der Waals surface area contributed by atoms with E-state index in [2.05, 4.69) is 4.72 Å². The van der Waals surface area contributed by atoms with Crippen molar-refractivity contribution in [3.05, 3.63) is 23.8 Å². The van der Waals surface area contributed by atoms with Crippen LogP contribution in [-0.4, -0.2) is 38.8 Å². The van der Waals surface area contributed by atoms with Gasteiger partial charge in [-0.25, -0.2) is 0 Å². The molecule has 1 aliphatic heterocycles. The van der Waals surface area contributed by atoms with Crippen LogP contribution >= 0.6 is 0 Å². The quantitative estimate of drug-likeness (QED) is 0.559. The van der Waals surface area contributed by atoms with Gasteiger partial charge in [0, 0.05) is 18.7 Å². The van der Waals surface area contributed by atoms with Crippen LogP contribution in [0.25, 0.3) is 0 Å². The monoisotopic (exact) mass is 312 g/mol. The summed E-state index contributed by atoms with van der Waals surface area (Å²) in [4.78, 5) is 0. The Hall–Kier alpha value is -1.80. The summed E-state index contributed by atoms with van der Waals surface area (Å²) in [6.45, 7) is 1.000. The molecule has 1 heterocycles. The van der Waals surface area contributed by atoms with Crippen molar-refractivity contribution in [2.24, 2.45) is 5.73 Å². The van der Waals surface area contributed by atoms with Crippen LogP contribution in [0.1, 0.15) is 24.8 Å². The highest BCUT2D eigenvalue weighted by atomic mass is 32.2. The lowest BCUT2D eigenvalue weighted by Crippen LogP contribution is -2.39. The number of nitrogens with one attached hydrogen (secondary N) is 2. The minimum Gasteiger partial charge on any atom is -0.495 e. The summed E-state index contributed by atoms with van der Waals surface area (Å²) in [5.74, 6) is 0.119. The molecule has 0 aliphatic carbocycles. The predicted octanol–water partition coefficient (Wildman–Crippen LogP) is 1.12. The van der Waals surface area contributed by atoms with Gasteiger partial charge in [-0.3, -0.25) is 10.1 Å². The van der Waals surface area contributed by atoms with E-state index < -0.39 is 10.2 Å². The molecule has 1 saturated heterocycles. The highest BCUT2D eigenvalue weighted by Gasteiger charge is 2.26. The molecule has 1 aromatic rings. The average Bonchev–Trinajstić information content (AvgIpc) is 2.47. The number of rotatable bonds is 5. The maximum atomic E-state index is 12.4. The normalized spacial score (nSPS) is 16.4. The molecule has 0 amide bonds. The van der Waals surface area contributed by atoms with Crippen LogP contribution in [0.2, 0.25) is 0 Å². The lowest BCUT2D eigenvalue weighted by molar-refractivity contribution is 0.348. The zero-order valence-electron chi connectivity index (χ0n) is 11.9. The molecule has 116 valence electrons. The number of nitrogens with zero attached hydrogens (tertiary/aromatic N) is 1. The van der Waals surface area contributed by atoms with E-state index in [1.807, 2.05) is 0 Å². The number of nitrogen functional groups attached to an aromatic ring is 1. The summed E-state index contributed by atoms with van der Waals surface area (Å²) in [5, 5.41) is 7.57. The van der Waals surface area contributed by atoms with Crippen molar-refractivity contribution in [2.75, 3.05) is 24.9 Å². The molecular weight excluding hydrogens is 292 g/mol. The number of nitrogens with two attached hydrogens (primary N) is 1. The van der Waals surface area contributed by atoms with Gasteiger partial charge in [0.1, 0.15) is 17.3 Å². The van der Waals surface area contributed by atoms with Crippen molar-refractivity contribution in [3.8, 4) is 5.75 Å². The third-order valence-corrected chi connectivity index (χ3v) is 4.93. The third kappa shape index (κ3) is 3.45. The number of methoxy groups -OCH3 is 1. The Morgan fingerprint density at radius 2 is 2.00 bits per heavy atom. The molecule has 1 fully saturated rings. The average molecular weight is 312 g/mol. The molecule has 0 aromatic heterocycles. The standard InChI is InChI=1S/C13H20N4O3S/c1-20-11-7-5-6-10(13(14)15)12(11)16-21(18,19)17-8-3-2-4-9-17/h5-7,16H,2-4,8-9H2,1H3,(H3,14,15). The molecule has 0 saturated carbocycles. The summed E-state index contributed by atoms with van der Waals surface area (Å²) in [5.41, 5.74) is 6.02. The first-order valence-electron chi connectivity index (χ1n) is 6.75. The molecule has 0 spiro atoms. The van der Waals surface area contributed by atoms with Crippen molar-refractivity contribution in [2.45, 2.75) is 19.3 Å². The van der Waals surface area contributed by atoms with Crippen molar-refractivity contribution in [3.63, 3.8) is 0 Å². The highest BCUT2D eigenvalue weighted by molar-refractivity contribution is 7.90. The van der Waals surface area contributed by atoms with Gasteiger partial charge in [0.15, 0.2) is 0 Å². The summed E-state index contributed by atoms with van der Waals surface area (Å²) < 4.78 is 34.0. The van der Waals surface area contributed by atoms with E-state index in [4.69, 9.17) is 15.9 Å². The van der Waals surface area contributed by atoms with Crippen LogP contribution in [-0.2, 0) is 10.2 Å². The lowest BCUT2D eigenvalue weighted by Gasteiger charge is -2.27. The van der Waals surface area contributed by atoms with Crippen LogP contribution in [0.15, 0.2) is 18.2 Å². The number of benzene rings is 1. The first-order chi connectivity index (χ1) is 9.95. The lowest BCUT2D eigenvalue weighted by atomic mass is 10.1. The van der Waals surface area contributed by atoms with Crippen LogP contribution in [0, 0.1) is 5.41 Å². The van der Waals surface area contributed by atoms with E-state index in [-0.39, 0.29) is 11.5 Å². The van der Waals surface area contributed by atoms with Gasteiger partial charge in [0.2, 0.25) is 0 Å². The minimum absolute atomic E-state index is 0.207. The van der Waals surface area contributed by atoms with Gasteiger partial charge in [-0.05, 0) is 25.0 Å². The molecular formula is C13H20N4O3S. The predicted molar refractivity (Wildman–Crippen MR) is 82.0 cm³/mol. The van der Waals surface area contributed by atoms with Gasteiger partial charge in [-0.2, -0.15) is 12.7 Å². The SMILES string of the molecule is COc1cccc(C(=N)N)c1NS(=O)(=O)N1CCCCC1. The number of piperidine rings is 1. The fraction of sp³-hybridized carbons (Fsp3) is 0.462. The molecule has 7 nitrogen and oxygen atoms in total. The smallest absolute Gasteiger partial charge is 0.301 e. The van der Waals surface area contributed by atoms with Gasteiger partial charge >= 0.3 is 10.2 Å². The Balaban J connectivity index is 2.35. The number of para-hydroxylation sites is 1. The summed E-state index contributed by atoms with van der Waals surface area (Å²) in [6, 6.07) is 4.87. The Bertz CT molecular complexity index is 624. The molecule has 4 N–H and O–H groups in total. The van der Waals surface area contributed by atoms with Crippen molar-refractivity contribution >= 4 is 21.7 Å². The van der Waals surface area contributed by atoms with E-state index >= 15 is 0 Å². The van der Waals surface area contributed by atoms with Gasteiger partial charge in [-0.15, -0.1) is 0 Å². The number of hydrogen-bond donors (Lipinski definition) is 3. The van der Waals surface area contributed by atoms with Gasteiger partial charge in [0.05, 0.1) is 7.11 Å². The van der Waals surface area contributed by atoms with E-state index in [1.54, 1.807) is 18.2 Å². The molecule has 1 aliphatic rings. The number of amidine groups is 1. The molecule has 21 heavy (non-hydrogen) atoms. The van der Waals surface area contributed by atoms with Gasteiger partial charge < -0.3 is 10.5 Å². The fourth-order valence-corrected chi connectivity index (χ4v) is 3.67. The second kappa shape index (κ2) is 6.31. The first-order valence-corrected chi connectivity index (χ1v) is 8.19. The minimum atomic E-state index is -3.67. The van der Waals surface area contributed by atoms with Crippen LogP contribution in [0.3, 0.4) is 0 Å². The Kier molecular flexibility index (Phi) is 4.69. The van der Waals surface area contributed by atoms with Crippen molar-refractivity contribution < 1.29 is 13.2 Å². The molecule has 2 rings (SSSR count). The topological polar surface area (TPSA) is 109 Å². The highest BCUT2D eigenvalue weighted by Crippen LogP contribution is 2.30. The van der Waals surface area contributed by atoms with E-state index in [9.17, 15) is 8.42 Å². The molecule has 1 aromatic carbocycles. The van der Waals surface area contributed by atoms with Crippen LogP contribution in [0.4, 0.5) is 5.69 Å². The maximum absolute atomic E-state index is 12.4. The zero-order chi connectivity index (χ0) is 15.5. The summed E-state index contributed by atoms with van der Waals surface area (Å²) in [7, 11) is -2.23. The van der Waals surface area contributed by atoms with Gasteiger partial charge in [-0.1, -0.05) is 12.5 Å². The second-order valence-electron chi connectivity index (χ2n) is 4.86. The van der Waals surface area contributed by atoms with Crippen molar-refractivity contribution in [1.29, 1.82) is 5.41 Å². The second-order valence-corrected chi connectivity index (χ2v) is 6.53. The number of hydrogen-bond acceptors (Lipinski definition) is 4. The molecule has 0 atom stereocenters. The molecule has 0 bridgehead atoms. The van der Waals surface area contributed by atoms with Crippen molar-refractivity contribution in [1.82, 2.24) is 4.31 Å². The van der Waals surface area contributed by atoms with Crippen LogP contribution < -0.4 is 15.2 Å². The molecule has 0 unspecified atom stereocenters. The largest absolute Gasteiger partial charge is 0.495 e. The summed E-state index contributed by atoms with van der Waals surface area (Å²) >= 11 is 0. The Morgan fingerprint density at radius 3 is 2.57 bits per heavy atom. The Morgan fingerprint density at radius 1 is 1.33 bits per heavy atom. The third-order valence-electron chi connectivity index (χ3n) is 3.42. The molecule has 0 radical (unpaired) electrons. The van der Waals surface area contributed by atoms with E-state index in [0.717, 1.165) is 19.3 Å². The summed E-state index contributed by atoms with van der Waals surface area (Å²) in [6.07, 6.45) is 2.75. The number of anilines is 1. The zero-order valence-corrected chi connectivity index (χ0v) is 12.7. The first kappa shape index (κ1) is 15.6. The Labute approximate surface area is 124 Å². The maximum Gasteiger partial charge on any atom is 0.301 e. The number of ether oxygens (including phenoxy) is 1.